The summed E-state index contributed by atoms with van der Waals surface area (Å²) in [6.45, 7) is 9.79. The third-order valence-electron chi connectivity index (χ3n) is 0. The maximum absolute atomic E-state index is 10.1. The molecule has 0 bridgehead atoms. The molecule has 0 aliphatic rings. The fourth-order valence-corrected chi connectivity index (χ4v) is 0. The zero-order valence-corrected chi connectivity index (χ0v) is 14.5. The van der Waals surface area contributed by atoms with Gasteiger partial charge in [-0.3, -0.25) is 0 Å². The van der Waals surface area contributed by atoms with Crippen molar-refractivity contribution in [2.45, 2.75) is 52.7 Å². The summed E-state index contributed by atoms with van der Waals surface area (Å²) in [7, 11) is 0. The third-order valence-corrected chi connectivity index (χ3v) is 0. The molecular weight excluding hydrogens is 291 g/mol. The second-order valence-electron chi connectivity index (χ2n) is 4.22. The first-order chi connectivity index (χ1) is 4.00. The molecule has 0 unspecified atom stereocenters. The molecule has 0 aliphatic carbocycles. The molecule has 12 heavy (non-hydrogen) atoms. The van der Waals surface area contributed by atoms with Crippen molar-refractivity contribution in [2.75, 3.05) is 0 Å². The minimum Gasteiger partial charge on any atom is -0.850 e. The minimum absolute atomic E-state index is 0. The number of hydrogen-bond acceptors (Lipinski definition) is 2. The van der Waals surface area contributed by atoms with E-state index in [2.05, 4.69) is 0 Å². The van der Waals surface area contributed by atoms with Gasteiger partial charge in [-0.2, -0.15) is 0 Å². The molecule has 65 valence electrons. The van der Waals surface area contributed by atoms with Crippen LogP contribution in [0.15, 0.2) is 0 Å². The standard InChI is InChI=1S/2C4H9O.Ce.Na/c2*1-4(2,3)5;;/h2*1-3H3;;/q2*-1;+3;+1. The van der Waals surface area contributed by atoms with Crippen molar-refractivity contribution in [3.63, 3.8) is 0 Å². The molecule has 0 saturated carbocycles. The third kappa shape index (κ3) is 298. The first-order valence-electron chi connectivity index (χ1n) is 3.41. The first kappa shape index (κ1) is 23.8. The molecule has 0 fully saturated rings. The van der Waals surface area contributed by atoms with Gasteiger partial charge < -0.3 is 10.2 Å². The van der Waals surface area contributed by atoms with Crippen LogP contribution in [0.1, 0.15) is 41.5 Å². The van der Waals surface area contributed by atoms with Crippen LogP contribution in [0.2, 0.25) is 0 Å². The molecule has 0 aromatic carbocycles. The van der Waals surface area contributed by atoms with Crippen LogP contribution in [0.25, 0.3) is 0 Å². The van der Waals surface area contributed by atoms with E-state index >= 15 is 0 Å². The molecule has 0 N–H and O–H groups in total. The van der Waals surface area contributed by atoms with Crippen LogP contribution in [-0.2, 0) is 0 Å². The number of rotatable bonds is 0. The van der Waals surface area contributed by atoms with Gasteiger partial charge >= 0.3 is 71.3 Å². The van der Waals surface area contributed by atoms with E-state index < -0.39 is 11.2 Å². The van der Waals surface area contributed by atoms with E-state index in [0.717, 1.165) is 0 Å². The maximum Gasteiger partial charge on any atom is 3.00 e. The van der Waals surface area contributed by atoms with E-state index in [-0.39, 0.29) is 71.3 Å². The Hall–Kier alpha value is 2.30. The van der Waals surface area contributed by atoms with Crippen LogP contribution in [0, 0.1) is 41.7 Å². The van der Waals surface area contributed by atoms with Crippen LogP contribution in [0.5, 0.6) is 0 Å². The van der Waals surface area contributed by atoms with Crippen molar-refractivity contribution in [3.05, 3.63) is 0 Å². The Kier molecular flexibility index (Phi) is 19.5. The zero-order chi connectivity index (χ0) is 9.00. The Labute approximate surface area is 132 Å². The Balaban J connectivity index is -0.0000000457. The summed E-state index contributed by atoms with van der Waals surface area (Å²) in [5.74, 6) is 0. The summed E-state index contributed by atoms with van der Waals surface area (Å²) < 4.78 is 0. The van der Waals surface area contributed by atoms with Crippen molar-refractivity contribution in [2.24, 2.45) is 0 Å². The molecule has 1 radical (unpaired) electrons. The van der Waals surface area contributed by atoms with Crippen molar-refractivity contribution >= 4 is 0 Å². The van der Waals surface area contributed by atoms with Crippen molar-refractivity contribution in [1.82, 2.24) is 0 Å². The fraction of sp³-hybridized carbons (Fsp3) is 1.00. The van der Waals surface area contributed by atoms with Gasteiger partial charge in [0.1, 0.15) is 0 Å². The largest absolute Gasteiger partial charge is 3.00 e. The van der Waals surface area contributed by atoms with Gasteiger partial charge in [-0.15, -0.1) is 11.2 Å². The minimum atomic E-state index is -0.750. The predicted molar refractivity (Wildman–Crippen MR) is 39.5 cm³/mol. The van der Waals surface area contributed by atoms with Crippen molar-refractivity contribution < 1.29 is 81.5 Å². The van der Waals surface area contributed by atoms with Crippen molar-refractivity contribution in [1.29, 1.82) is 0 Å². The zero-order valence-electron chi connectivity index (χ0n) is 9.32. The molecule has 2 nitrogen and oxygen atoms in total. The van der Waals surface area contributed by atoms with E-state index in [1.54, 1.807) is 41.5 Å². The second kappa shape index (κ2) is 9.84. The van der Waals surface area contributed by atoms with Gasteiger partial charge in [-0.05, 0) is 0 Å². The Morgan fingerprint density at radius 1 is 0.667 bits per heavy atom. The van der Waals surface area contributed by atoms with E-state index in [0.29, 0.717) is 0 Å². The quantitative estimate of drug-likeness (QED) is 0.457. The molecule has 0 rings (SSSR count). The summed E-state index contributed by atoms with van der Waals surface area (Å²) in [5, 5.41) is 20.2. The van der Waals surface area contributed by atoms with Gasteiger partial charge in [0.15, 0.2) is 0 Å². The molecule has 0 aromatic heterocycles. The normalized spacial score (nSPS) is 10.0. The summed E-state index contributed by atoms with van der Waals surface area (Å²) in [4.78, 5) is 0. The summed E-state index contributed by atoms with van der Waals surface area (Å²) >= 11 is 0. The molecule has 0 atom stereocenters. The van der Waals surface area contributed by atoms with Gasteiger partial charge in [-0.25, -0.2) is 0 Å². The smallest absolute Gasteiger partial charge is 0.850 e. The molecule has 0 heterocycles. The van der Waals surface area contributed by atoms with E-state index in [1.165, 1.54) is 0 Å². The second-order valence-corrected chi connectivity index (χ2v) is 4.22. The van der Waals surface area contributed by atoms with Crippen LogP contribution < -0.4 is 39.8 Å². The molecule has 0 amide bonds. The number of hydrogen-bond donors (Lipinski definition) is 0. The Morgan fingerprint density at radius 2 is 0.667 bits per heavy atom. The summed E-state index contributed by atoms with van der Waals surface area (Å²) in [5.41, 5.74) is -1.50. The molecule has 0 saturated heterocycles. The van der Waals surface area contributed by atoms with E-state index in [1.807, 2.05) is 0 Å². The van der Waals surface area contributed by atoms with E-state index in [4.69, 9.17) is 0 Å². The SMILES string of the molecule is CC(C)(C)[O-].CC(C)(C)[O-].[Ce+3].[Na+]. The van der Waals surface area contributed by atoms with E-state index in [9.17, 15) is 10.2 Å². The Bertz CT molecular complexity index is 60.0. The van der Waals surface area contributed by atoms with Crippen LogP contribution in [-0.4, -0.2) is 11.2 Å². The summed E-state index contributed by atoms with van der Waals surface area (Å²) in [6.07, 6.45) is 0. The predicted octanol–water partition coefficient (Wildman–Crippen LogP) is -2.71. The molecule has 0 aromatic rings. The fourth-order valence-electron chi connectivity index (χ4n) is 0. The van der Waals surface area contributed by atoms with Crippen molar-refractivity contribution in [3.8, 4) is 0 Å². The monoisotopic (exact) mass is 309 g/mol. The first-order valence-corrected chi connectivity index (χ1v) is 3.41. The molecule has 0 spiro atoms. The van der Waals surface area contributed by atoms with Gasteiger partial charge in [0.05, 0.1) is 0 Å². The molecular formula is C8H18CeNaO2+2. The van der Waals surface area contributed by atoms with Gasteiger partial charge in [0, 0.05) is 0 Å². The summed E-state index contributed by atoms with van der Waals surface area (Å²) in [6, 6.07) is 0. The topological polar surface area (TPSA) is 46.1 Å². The Morgan fingerprint density at radius 3 is 0.667 bits per heavy atom. The van der Waals surface area contributed by atoms with Crippen LogP contribution in [0.3, 0.4) is 0 Å². The van der Waals surface area contributed by atoms with Crippen LogP contribution in [0.4, 0.5) is 0 Å². The van der Waals surface area contributed by atoms with Gasteiger partial charge in [0.2, 0.25) is 0 Å². The van der Waals surface area contributed by atoms with Crippen LogP contribution >= 0.6 is 0 Å². The average Bonchev–Trinajstić information content (AvgIpc) is 1.12. The van der Waals surface area contributed by atoms with Gasteiger partial charge in [0.25, 0.3) is 0 Å². The molecule has 4 heteroatoms. The molecule has 0 aliphatic heterocycles. The maximum atomic E-state index is 10.1. The average molecular weight is 309 g/mol. The van der Waals surface area contributed by atoms with Gasteiger partial charge in [-0.1, -0.05) is 41.5 Å².